The molecule has 1 N–H and O–H groups in total. The van der Waals surface area contributed by atoms with E-state index in [1.807, 2.05) is 0 Å². The average molecular weight is 451 g/mol. The lowest BCUT2D eigenvalue weighted by atomic mass is 10.1. The van der Waals surface area contributed by atoms with Crippen molar-refractivity contribution in [1.82, 2.24) is 0 Å². The number of unbranched alkanes of at least 4 members (excludes halogenated alkanes) is 5. The molecule has 1 aromatic rings. The first-order valence-corrected chi connectivity index (χ1v) is 11.6. The zero-order valence-corrected chi connectivity index (χ0v) is 19.6. The Hall–Kier alpha value is -2.38. The van der Waals surface area contributed by atoms with Gasteiger partial charge in [0, 0.05) is 6.61 Å². The molecule has 0 spiro atoms. The molecule has 7 heteroatoms. The van der Waals surface area contributed by atoms with E-state index in [1.54, 1.807) is 38.1 Å². The predicted octanol–water partition coefficient (Wildman–Crippen LogP) is 4.31. The van der Waals surface area contributed by atoms with Gasteiger partial charge in [0.25, 0.3) is 0 Å². The predicted molar refractivity (Wildman–Crippen MR) is 123 cm³/mol. The molecule has 0 aliphatic heterocycles. The SMILES string of the molecule is CCCCCCCCOCC(O)COc1ccc(C=C(C(=O)OCC)C(=O)OCC)cc1. The summed E-state index contributed by atoms with van der Waals surface area (Å²) in [6.45, 7) is 6.85. The fourth-order valence-electron chi connectivity index (χ4n) is 2.89. The number of benzene rings is 1. The molecule has 0 aromatic heterocycles. The zero-order chi connectivity index (χ0) is 23.6. The van der Waals surface area contributed by atoms with Crippen LogP contribution in [0.2, 0.25) is 0 Å². The second kappa shape index (κ2) is 17.2. The highest BCUT2D eigenvalue weighted by molar-refractivity contribution is 6.17. The van der Waals surface area contributed by atoms with Gasteiger partial charge in [0.15, 0.2) is 0 Å². The highest BCUT2D eigenvalue weighted by Gasteiger charge is 2.20. The normalized spacial score (nSPS) is 11.5. The maximum atomic E-state index is 12.0. The molecule has 1 atom stereocenters. The summed E-state index contributed by atoms with van der Waals surface area (Å²) in [7, 11) is 0. The van der Waals surface area contributed by atoms with Crippen LogP contribution in [-0.2, 0) is 23.8 Å². The maximum absolute atomic E-state index is 12.0. The van der Waals surface area contributed by atoms with E-state index in [9.17, 15) is 14.7 Å². The lowest BCUT2D eigenvalue weighted by Gasteiger charge is -2.13. The topological polar surface area (TPSA) is 91.3 Å². The van der Waals surface area contributed by atoms with E-state index in [4.69, 9.17) is 18.9 Å². The molecule has 7 nitrogen and oxygen atoms in total. The molecule has 0 heterocycles. The number of aliphatic hydroxyl groups excluding tert-OH is 1. The lowest BCUT2D eigenvalue weighted by molar-refractivity contribution is -0.146. The van der Waals surface area contributed by atoms with Gasteiger partial charge < -0.3 is 24.1 Å². The number of esters is 2. The first-order valence-electron chi connectivity index (χ1n) is 11.6. The highest BCUT2D eigenvalue weighted by atomic mass is 16.6. The van der Waals surface area contributed by atoms with Crippen molar-refractivity contribution in [3.05, 3.63) is 35.4 Å². The summed E-state index contributed by atoms with van der Waals surface area (Å²) in [4.78, 5) is 24.1. The Bertz CT molecular complexity index is 662. The number of rotatable bonds is 17. The second-order valence-corrected chi connectivity index (χ2v) is 7.38. The van der Waals surface area contributed by atoms with Gasteiger partial charge in [0.05, 0.1) is 19.8 Å². The smallest absolute Gasteiger partial charge is 0.345 e. The van der Waals surface area contributed by atoms with Gasteiger partial charge >= 0.3 is 11.9 Å². The lowest BCUT2D eigenvalue weighted by Crippen LogP contribution is -2.23. The van der Waals surface area contributed by atoms with Crippen LogP contribution in [0, 0.1) is 0 Å². The minimum Gasteiger partial charge on any atom is -0.491 e. The summed E-state index contributed by atoms with van der Waals surface area (Å²) in [5.74, 6) is -0.892. The molecule has 1 aromatic carbocycles. The minimum atomic E-state index is -0.727. The van der Waals surface area contributed by atoms with Gasteiger partial charge in [0.2, 0.25) is 0 Å². The molecular formula is C25H38O7. The van der Waals surface area contributed by atoms with Gasteiger partial charge in [-0.3, -0.25) is 0 Å². The highest BCUT2D eigenvalue weighted by Crippen LogP contribution is 2.16. The van der Waals surface area contributed by atoms with Crippen molar-refractivity contribution in [2.45, 2.75) is 65.4 Å². The summed E-state index contributed by atoms with van der Waals surface area (Å²) in [6.07, 6.45) is 7.90. The second-order valence-electron chi connectivity index (χ2n) is 7.38. The number of carbonyl (C=O) groups excluding carboxylic acids is 2. The molecule has 32 heavy (non-hydrogen) atoms. The van der Waals surface area contributed by atoms with Gasteiger partial charge in [-0.2, -0.15) is 0 Å². The van der Waals surface area contributed by atoms with Crippen LogP contribution >= 0.6 is 0 Å². The number of carbonyl (C=O) groups is 2. The first-order chi connectivity index (χ1) is 15.5. The van der Waals surface area contributed by atoms with Crippen molar-refractivity contribution >= 4 is 18.0 Å². The molecule has 0 bridgehead atoms. The monoisotopic (exact) mass is 450 g/mol. The van der Waals surface area contributed by atoms with E-state index in [2.05, 4.69) is 6.92 Å². The Balaban J connectivity index is 2.44. The van der Waals surface area contributed by atoms with Crippen LogP contribution in [0.15, 0.2) is 29.8 Å². The van der Waals surface area contributed by atoms with Crippen LogP contribution in [0.5, 0.6) is 5.75 Å². The molecule has 0 saturated carbocycles. The van der Waals surface area contributed by atoms with Crippen molar-refractivity contribution in [1.29, 1.82) is 0 Å². The Labute approximate surface area is 191 Å². The Kier molecular flexibility index (Phi) is 14.9. The third kappa shape index (κ3) is 11.9. The standard InChI is InChI=1S/C25H38O7/c1-4-7-8-9-10-11-16-29-18-21(26)19-32-22-14-12-20(13-15-22)17-23(24(27)30-5-2)25(28)31-6-3/h12-15,17,21,26H,4-11,16,18-19H2,1-3H3. The van der Waals surface area contributed by atoms with E-state index < -0.39 is 18.0 Å². The van der Waals surface area contributed by atoms with Gasteiger partial charge in [0.1, 0.15) is 24.0 Å². The maximum Gasteiger partial charge on any atom is 0.345 e. The minimum absolute atomic E-state index is 0.114. The Morgan fingerprint density at radius 2 is 1.47 bits per heavy atom. The first kappa shape index (κ1) is 27.7. The quantitative estimate of drug-likeness (QED) is 0.124. The van der Waals surface area contributed by atoms with Crippen LogP contribution in [0.1, 0.15) is 64.9 Å². The van der Waals surface area contributed by atoms with E-state index in [0.29, 0.717) is 17.9 Å². The number of hydrogen-bond acceptors (Lipinski definition) is 7. The van der Waals surface area contributed by atoms with Crippen LogP contribution in [0.3, 0.4) is 0 Å². The van der Waals surface area contributed by atoms with Crippen LogP contribution in [0.4, 0.5) is 0 Å². The fraction of sp³-hybridized carbons (Fsp3) is 0.600. The summed E-state index contributed by atoms with van der Waals surface area (Å²) in [6, 6.07) is 6.80. The third-order valence-corrected chi connectivity index (χ3v) is 4.58. The average Bonchev–Trinajstić information content (AvgIpc) is 2.78. The van der Waals surface area contributed by atoms with E-state index in [0.717, 1.165) is 12.8 Å². The van der Waals surface area contributed by atoms with Gasteiger partial charge in [-0.05, 0) is 44.0 Å². The molecule has 0 saturated heterocycles. The summed E-state index contributed by atoms with van der Waals surface area (Å²) in [5, 5.41) is 10.0. The van der Waals surface area contributed by atoms with Gasteiger partial charge in [-0.25, -0.2) is 9.59 Å². The van der Waals surface area contributed by atoms with Crippen molar-refractivity contribution in [3.8, 4) is 5.75 Å². The zero-order valence-electron chi connectivity index (χ0n) is 19.6. The molecule has 0 aliphatic rings. The molecule has 0 amide bonds. The number of hydrogen-bond donors (Lipinski definition) is 1. The summed E-state index contributed by atoms with van der Waals surface area (Å²) < 4.78 is 21.0. The summed E-state index contributed by atoms with van der Waals surface area (Å²) in [5.41, 5.74) is 0.455. The summed E-state index contributed by atoms with van der Waals surface area (Å²) >= 11 is 0. The van der Waals surface area contributed by atoms with Crippen LogP contribution in [0.25, 0.3) is 6.08 Å². The fourth-order valence-corrected chi connectivity index (χ4v) is 2.89. The molecule has 180 valence electrons. The third-order valence-electron chi connectivity index (χ3n) is 4.58. The van der Waals surface area contributed by atoms with Crippen molar-refractivity contribution in [2.24, 2.45) is 0 Å². The van der Waals surface area contributed by atoms with Gasteiger partial charge in [-0.1, -0.05) is 51.2 Å². The van der Waals surface area contributed by atoms with Crippen LogP contribution in [-0.4, -0.2) is 56.2 Å². The molecular weight excluding hydrogens is 412 g/mol. The van der Waals surface area contributed by atoms with Crippen molar-refractivity contribution in [3.63, 3.8) is 0 Å². The van der Waals surface area contributed by atoms with E-state index in [-0.39, 0.29) is 32.0 Å². The molecule has 0 fully saturated rings. The largest absolute Gasteiger partial charge is 0.491 e. The van der Waals surface area contributed by atoms with Gasteiger partial charge in [-0.15, -0.1) is 0 Å². The number of ether oxygens (including phenoxy) is 4. The van der Waals surface area contributed by atoms with E-state index >= 15 is 0 Å². The van der Waals surface area contributed by atoms with E-state index in [1.165, 1.54) is 31.8 Å². The Morgan fingerprint density at radius 1 is 0.875 bits per heavy atom. The molecule has 1 rings (SSSR count). The molecule has 0 aliphatic carbocycles. The molecule has 1 unspecified atom stereocenters. The van der Waals surface area contributed by atoms with Crippen molar-refractivity contribution < 1.29 is 33.6 Å². The van der Waals surface area contributed by atoms with Crippen molar-refractivity contribution in [2.75, 3.05) is 33.0 Å². The Morgan fingerprint density at radius 3 is 2.06 bits per heavy atom. The van der Waals surface area contributed by atoms with Crippen LogP contribution < -0.4 is 4.74 Å². The molecule has 0 radical (unpaired) electrons. The number of aliphatic hydroxyl groups is 1.